The van der Waals surface area contributed by atoms with E-state index in [1.165, 1.54) is 4.90 Å². The lowest BCUT2D eigenvalue weighted by Gasteiger charge is -2.32. The fourth-order valence-electron chi connectivity index (χ4n) is 4.94. The number of rotatable bonds is 13. The summed E-state index contributed by atoms with van der Waals surface area (Å²) in [7, 11) is 1.58. The lowest BCUT2D eigenvalue weighted by Crippen LogP contribution is -2.52. The lowest BCUT2D eigenvalue weighted by atomic mass is 10.0. The molecule has 8 nitrogen and oxygen atoms in total. The van der Waals surface area contributed by atoms with Crippen molar-refractivity contribution in [2.45, 2.75) is 58.2 Å². The summed E-state index contributed by atoms with van der Waals surface area (Å²) in [5.74, 6) is -0.490. The molecule has 3 aromatic rings. The second kappa shape index (κ2) is 13.7. The number of benzene rings is 3. The topological polar surface area (TPSA) is 96.0 Å². The van der Waals surface area contributed by atoms with Gasteiger partial charge < -0.3 is 15.0 Å². The minimum absolute atomic E-state index is 0.0524. The molecule has 0 spiro atoms. The zero-order chi connectivity index (χ0) is 29.4. The van der Waals surface area contributed by atoms with Gasteiger partial charge in [0.25, 0.3) is 11.8 Å². The molecule has 1 aliphatic heterocycles. The largest absolute Gasteiger partial charge is 0.497 e. The quantitative estimate of drug-likeness (QED) is 0.311. The third-order valence-corrected chi connectivity index (χ3v) is 7.41. The normalized spacial score (nSPS) is 13.9. The highest BCUT2D eigenvalue weighted by atomic mass is 16.5. The van der Waals surface area contributed by atoms with Crippen LogP contribution in [0, 0.1) is 0 Å². The van der Waals surface area contributed by atoms with Crippen LogP contribution in [0.5, 0.6) is 5.75 Å². The van der Waals surface area contributed by atoms with Crippen LogP contribution in [0.1, 0.15) is 65.0 Å². The maximum absolute atomic E-state index is 13.9. The maximum Gasteiger partial charge on any atom is 0.261 e. The highest BCUT2D eigenvalue weighted by Crippen LogP contribution is 2.24. The average molecular weight is 556 g/mol. The summed E-state index contributed by atoms with van der Waals surface area (Å²) in [6.45, 7) is 4.26. The van der Waals surface area contributed by atoms with Crippen molar-refractivity contribution in [3.63, 3.8) is 0 Å². The molecule has 41 heavy (non-hydrogen) atoms. The van der Waals surface area contributed by atoms with Crippen molar-refractivity contribution >= 4 is 23.6 Å². The van der Waals surface area contributed by atoms with Gasteiger partial charge in [0.05, 0.1) is 18.2 Å². The summed E-state index contributed by atoms with van der Waals surface area (Å²) < 4.78 is 5.38. The molecule has 4 amide bonds. The van der Waals surface area contributed by atoms with Crippen LogP contribution in [0.25, 0.3) is 0 Å². The number of hydrogen-bond donors (Lipinski definition) is 1. The van der Waals surface area contributed by atoms with Gasteiger partial charge in [0, 0.05) is 32.0 Å². The lowest BCUT2D eigenvalue weighted by molar-refractivity contribution is -0.141. The van der Waals surface area contributed by atoms with Crippen molar-refractivity contribution in [3.05, 3.63) is 101 Å². The third kappa shape index (κ3) is 7.20. The first-order valence-electron chi connectivity index (χ1n) is 14.0. The molecule has 0 saturated carbocycles. The van der Waals surface area contributed by atoms with E-state index in [1.807, 2.05) is 68.4 Å². The molecule has 2 atom stereocenters. The average Bonchev–Trinajstić information content (AvgIpc) is 3.24. The molecule has 2 unspecified atom stereocenters. The summed E-state index contributed by atoms with van der Waals surface area (Å²) >= 11 is 0. The first kappa shape index (κ1) is 29.5. The molecule has 0 bridgehead atoms. The molecule has 1 aliphatic rings. The Morgan fingerprint density at radius 1 is 0.902 bits per heavy atom. The minimum Gasteiger partial charge on any atom is -0.497 e. The van der Waals surface area contributed by atoms with Crippen molar-refractivity contribution in [2.24, 2.45) is 0 Å². The molecular formula is C33H37N3O5. The molecule has 0 radical (unpaired) electrons. The molecule has 0 aliphatic carbocycles. The monoisotopic (exact) mass is 555 g/mol. The highest BCUT2D eigenvalue weighted by Gasteiger charge is 2.35. The summed E-state index contributed by atoms with van der Waals surface area (Å²) in [5.41, 5.74) is 2.53. The van der Waals surface area contributed by atoms with Crippen molar-refractivity contribution in [1.29, 1.82) is 0 Å². The van der Waals surface area contributed by atoms with Crippen molar-refractivity contribution in [2.75, 3.05) is 13.7 Å². The molecule has 1 heterocycles. The Hall–Kier alpha value is -4.46. The molecular weight excluding hydrogens is 518 g/mol. The van der Waals surface area contributed by atoms with Gasteiger partial charge in [-0.2, -0.15) is 0 Å². The Balaban J connectivity index is 1.56. The van der Waals surface area contributed by atoms with Gasteiger partial charge in [0.1, 0.15) is 11.8 Å². The Bertz CT molecular complexity index is 1360. The van der Waals surface area contributed by atoms with Gasteiger partial charge in [-0.3, -0.25) is 24.1 Å². The van der Waals surface area contributed by atoms with Gasteiger partial charge >= 0.3 is 0 Å². The number of ether oxygens (including phenoxy) is 1. The van der Waals surface area contributed by atoms with Crippen LogP contribution in [0.15, 0.2) is 78.9 Å². The van der Waals surface area contributed by atoms with Crippen LogP contribution in [0.4, 0.5) is 0 Å². The molecule has 4 rings (SSSR count). The van der Waals surface area contributed by atoms with Crippen molar-refractivity contribution in [3.8, 4) is 5.75 Å². The van der Waals surface area contributed by atoms with Crippen LogP contribution < -0.4 is 10.1 Å². The van der Waals surface area contributed by atoms with Gasteiger partial charge in [-0.25, -0.2) is 0 Å². The predicted octanol–water partition coefficient (Wildman–Crippen LogP) is 4.63. The SMILES string of the molecule is CCC(C)NC(=O)C(Cc1ccccc1)N(Cc1cccc(OC)c1)C(=O)CCCN1C(=O)c2ccccc2C1=O. The molecule has 0 aromatic heterocycles. The van der Waals surface area contributed by atoms with Gasteiger partial charge in [-0.15, -0.1) is 0 Å². The van der Waals surface area contributed by atoms with Crippen LogP contribution in [-0.4, -0.2) is 59.2 Å². The van der Waals surface area contributed by atoms with E-state index in [0.717, 1.165) is 17.5 Å². The molecule has 1 N–H and O–H groups in total. The first-order valence-corrected chi connectivity index (χ1v) is 14.0. The summed E-state index contributed by atoms with van der Waals surface area (Å²) in [4.78, 5) is 55.9. The highest BCUT2D eigenvalue weighted by molar-refractivity contribution is 6.21. The number of nitrogens with zero attached hydrogens (tertiary/aromatic N) is 2. The first-order chi connectivity index (χ1) is 19.8. The van der Waals surface area contributed by atoms with E-state index in [0.29, 0.717) is 23.3 Å². The number of amides is 4. The van der Waals surface area contributed by atoms with E-state index in [-0.39, 0.29) is 55.6 Å². The van der Waals surface area contributed by atoms with E-state index in [2.05, 4.69) is 5.32 Å². The fourth-order valence-corrected chi connectivity index (χ4v) is 4.94. The molecule has 214 valence electrons. The van der Waals surface area contributed by atoms with Crippen LogP contribution in [0.3, 0.4) is 0 Å². The Labute approximate surface area is 241 Å². The standard InChI is InChI=1S/C33H37N3O5/c1-4-23(2)34-31(38)29(21-24-12-6-5-7-13-24)36(22-25-14-10-15-26(20-25)41-3)30(37)18-11-19-35-32(39)27-16-8-9-17-28(27)33(35)40/h5-10,12-17,20,23,29H,4,11,18-19,21-22H2,1-3H3,(H,34,38). The van der Waals surface area contributed by atoms with Crippen molar-refractivity contribution < 1.29 is 23.9 Å². The van der Waals surface area contributed by atoms with E-state index in [9.17, 15) is 19.2 Å². The predicted molar refractivity (Wildman–Crippen MR) is 156 cm³/mol. The number of nitrogens with one attached hydrogen (secondary N) is 1. The molecule has 8 heteroatoms. The van der Waals surface area contributed by atoms with Crippen molar-refractivity contribution in [1.82, 2.24) is 15.1 Å². The second-order valence-corrected chi connectivity index (χ2v) is 10.3. The van der Waals surface area contributed by atoms with Gasteiger partial charge in [0.15, 0.2) is 0 Å². The van der Waals surface area contributed by atoms with E-state index in [1.54, 1.807) is 36.3 Å². The third-order valence-electron chi connectivity index (χ3n) is 7.41. The smallest absolute Gasteiger partial charge is 0.261 e. The summed E-state index contributed by atoms with van der Waals surface area (Å²) in [6, 6.07) is 23.0. The molecule has 3 aromatic carbocycles. The zero-order valence-electron chi connectivity index (χ0n) is 23.8. The minimum atomic E-state index is -0.760. The van der Waals surface area contributed by atoms with Crippen LogP contribution >= 0.6 is 0 Å². The molecule has 0 saturated heterocycles. The zero-order valence-corrected chi connectivity index (χ0v) is 23.8. The van der Waals surface area contributed by atoms with Crippen LogP contribution in [-0.2, 0) is 22.6 Å². The summed E-state index contributed by atoms with van der Waals surface area (Å²) in [5, 5.41) is 3.06. The number of hydrogen-bond acceptors (Lipinski definition) is 5. The van der Waals surface area contributed by atoms with Crippen LogP contribution in [0.2, 0.25) is 0 Å². The Morgan fingerprint density at radius 3 is 2.17 bits per heavy atom. The number of imide groups is 1. The summed E-state index contributed by atoms with van der Waals surface area (Å²) in [6.07, 6.45) is 1.45. The number of carbonyl (C=O) groups is 4. The second-order valence-electron chi connectivity index (χ2n) is 10.3. The van der Waals surface area contributed by atoms with Gasteiger partial charge in [-0.1, -0.05) is 61.5 Å². The van der Waals surface area contributed by atoms with E-state index < -0.39 is 6.04 Å². The Morgan fingerprint density at radius 2 is 1.54 bits per heavy atom. The maximum atomic E-state index is 13.9. The van der Waals surface area contributed by atoms with Gasteiger partial charge in [-0.05, 0) is 55.2 Å². The number of fused-ring (bicyclic) bond motifs is 1. The van der Waals surface area contributed by atoms with Gasteiger partial charge in [0.2, 0.25) is 11.8 Å². The molecule has 0 fully saturated rings. The Kier molecular flexibility index (Phi) is 9.90. The number of methoxy groups -OCH3 is 1. The van der Waals surface area contributed by atoms with E-state index >= 15 is 0 Å². The fraction of sp³-hybridized carbons (Fsp3) is 0.333. The van der Waals surface area contributed by atoms with E-state index in [4.69, 9.17) is 4.74 Å². The number of carbonyl (C=O) groups excluding carboxylic acids is 4.